The number of amides is 1. The van der Waals surface area contributed by atoms with Crippen LogP contribution in [0.1, 0.15) is 174 Å². The molecule has 0 aromatic carbocycles. The second-order valence-electron chi connectivity index (χ2n) is 19.7. The van der Waals surface area contributed by atoms with Crippen molar-refractivity contribution in [3.05, 3.63) is 109 Å². The van der Waals surface area contributed by atoms with Gasteiger partial charge in [-0.3, -0.25) is 4.79 Å². The van der Waals surface area contributed by atoms with Crippen LogP contribution in [0, 0.1) is 0 Å². The Morgan fingerprint density at radius 2 is 0.920 bits per heavy atom. The second-order valence-corrected chi connectivity index (χ2v) is 19.7. The minimum absolute atomic E-state index is 0.246. The van der Waals surface area contributed by atoms with Crippen molar-refractivity contribution < 1.29 is 64.6 Å². The van der Waals surface area contributed by atoms with E-state index in [1.54, 1.807) is 0 Å². The molecule has 2 fully saturated rings. The van der Waals surface area contributed by atoms with E-state index in [0.29, 0.717) is 12.8 Å². The molecule has 75 heavy (non-hydrogen) atoms. The van der Waals surface area contributed by atoms with E-state index < -0.39 is 86.8 Å². The van der Waals surface area contributed by atoms with Crippen LogP contribution in [0.2, 0.25) is 0 Å². The summed E-state index contributed by atoms with van der Waals surface area (Å²) in [7, 11) is 0. The van der Waals surface area contributed by atoms with Crippen molar-refractivity contribution in [2.75, 3.05) is 19.8 Å². The number of aliphatic hydroxyl groups excluding tert-OH is 8. The molecule has 0 saturated carbocycles. The molecule has 0 aromatic heterocycles. The molecule has 14 heteroatoms. The molecule has 0 aliphatic carbocycles. The fourth-order valence-electron chi connectivity index (χ4n) is 8.64. The Hall–Kier alpha value is -3.35. The van der Waals surface area contributed by atoms with E-state index in [-0.39, 0.29) is 18.9 Å². The van der Waals surface area contributed by atoms with E-state index in [0.717, 1.165) is 103 Å². The maximum absolute atomic E-state index is 13.2. The van der Waals surface area contributed by atoms with Gasteiger partial charge in [0.2, 0.25) is 5.91 Å². The summed E-state index contributed by atoms with van der Waals surface area (Å²) in [5.74, 6) is -0.246. The van der Waals surface area contributed by atoms with Gasteiger partial charge in [0.1, 0.15) is 48.8 Å². The topological polar surface area (TPSA) is 228 Å². The van der Waals surface area contributed by atoms with Crippen LogP contribution < -0.4 is 5.32 Å². The van der Waals surface area contributed by atoms with Gasteiger partial charge in [0.15, 0.2) is 12.6 Å². The number of aliphatic hydroxyl groups is 8. The van der Waals surface area contributed by atoms with Crippen LogP contribution in [0.4, 0.5) is 0 Å². The first-order valence-electron chi connectivity index (χ1n) is 28.6. The van der Waals surface area contributed by atoms with Gasteiger partial charge in [-0.15, -0.1) is 0 Å². The lowest BCUT2D eigenvalue weighted by Gasteiger charge is -2.46. The summed E-state index contributed by atoms with van der Waals surface area (Å²) in [6.07, 6.45) is 46.7. The van der Waals surface area contributed by atoms with E-state index in [9.17, 15) is 45.6 Å². The van der Waals surface area contributed by atoms with Gasteiger partial charge in [0, 0.05) is 6.42 Å². The van der Waals surface area contributed by atoms with E-state index >= 15 is 0 Å². The van der Waals surface area contributed by atoms with Gasteiger partial charge in [0.25, 0.3) is 0 Å². The van der Waals surface area contributed by atoms with Crippen LogP contribution in [0.15, 0.2) is 109 Å². The molecule has 0 radical (unpaired) electrons. The van der Waals surface area contributed by atoms with Gasteiger partial charge in [-0.2, -0.15) is 0 Å². The molecule has 12 atom stereocenters. The predicted molar refractivity (Wildman–Crippen MR) is 299 cm³/mol. The molecule has 2 aliphatic heterocycles. The third kappa shape index (κ3) is 31.6. The molecule has 0 bridgehead atoms. The molecular weight excluding hydrogens is 955 g/mol. The Kier molecular flexibility index (Phi) is 41.2. The Balaban J connectivity index is 1.72. The third-order valence-electron chi connectivity index (χ3n) is 13.3. The lowest BCUT2D eigenvalue weighted by atomic mass is 9.97. The van der Waals surface area contributed by atoms with Crippen LogP contribution in [0.3, 0.4) is 0 Å². The fraction of sp³-hybridized carbons (Fsp3) is 0.689. The molecule has 2 saturated heterocycles. The maximum atomic E-state index is 13.2. The van der Waals surface area contributed by atoms with Crippen LogP contribution in [0.5, 0.6) is 0 Å². The number of unbranched alkanes of at least 4 members (excludes halogenated alkanes) is 12. The zero-order valence-corrected chi connectivity index (χ0v) is 45.7. The highest BCUT2D eigenvalue weighted by atomic mass is 16.7. The van der Waals surface area contributed by atoms with Crippen molar-refractivity contribution in [1.82, 2.24) is 5.32 Å². The summed E-state index contributed by atoms with van der Waals surface area (Å²) in [4.78, 5) is 13.2. The number of carbonyl (C=O) groups is 1. The van der Waals surface area contributed by atoms with Crippen molar-refractivity contribution in [2.24, 2.45) is 0 Å². The van der Waals surface area contributed by atoms with Crippen LogP contribution in [0.25, 0.3) is 0 Å². The minimum atomic E-state index is -1.79. The van der Waals surface area contributed by atoms with Crippen molar-refractivity contribution in [3.63, 3.8) is 0 Å². The molecule has 0 aromatic rings. The Bertz CT molecular complexity index is 1670. The molecule has 2 heterocycles. The van der Waals surface area contributed by atoms with Crippen LogP contribution in [-0.2, 0) is 23.7 Å². The zero-order valence-electron chi connectivity index (χ0n) is 45.7. The molecule has 14 nitrogen and oxygen atoms in total. The lowest BCUT2D eigenvalue weighted by molar-refractivity contribution is -0.359. The maximum Gasteiger partial charge on any atom is 0.220 e. The quantitative estimate of drug-likeness (QED) is 0.0205. The van der Waals surface area contributed by atoms with Crippen molar-refractivity contribution in [3.8, 4) is 0 Å². The molecule has 0 spiro atoms. The van der Waals surface area contributed by atoms with Gasteiger partial charge in [0.05, 0.1) is 32.0 Å². The number of rotatable bonds is 43. The number of hydrogen-bond acceptors (Lipinski definition) is 13. The normalized spacial score (nSPS) is 25.9. The van der Waals surface area contributed by atoms with Crippen molar-refractivity contribution in [1.29, 1.82) is 0 Å². The Morgan fingerprint density at radius 1 is 0.493 bits per heavy atom. The lowest BCUT2D eigenvalue weighted by Crippen LogP contribution is -2.65. The highest BCUT2D eigenvalue weighted by molar-refractivity contribution is 5.76. The molecule has 9 N–H and O–H groups in total. The molecule has 2 aliphatic rings. The first-order chi connectivity index (χ1) is 36.6. The van der Waals surface area contributed by atoms with Crippen LogP contribution >= 0.6 is 0 Å². The van der Waals surface area contributed by atoms with Crippen molar-refractivity contribution in [2.45, 2.75) is 248 Å². The van der Waals surface area contributed by atoms with Gasteiger partial charge in [-0.05, 0) is 83.5 Å². The van der Waals surface area contributed by atoms with Crippen molar-refractivity contribution >= 4 is 5.91 Å². The third-order valence-corrected chi connectivity index (χ3v) is 13.3. The van der Waals surface area contributed by atoms with E-state index in [1.165, 1.54) is 38.5 Å². The number of nitrogens with one attached hydrogen (secondary N) is 1. The summed E-state index contributed by atoms with van der Waals surface area (Å²) < 4.78 is 22.7. The minimum Gasteiger partial charge on any atom is -0.394 e. The number of ether oxygens (including phenoxy) is 4. The average Bonchev–Trinajstić information content (AvgIpc) is 3.41. The van der Waals surface area contributed by atoms with E-state index in [1.807, 2.05) is 0 Å². The highest BCUT2D eigenvalue weighted by Gasteiger charge is 2.51. The smallest absolute Gasteiger partial charge is 0.220 e. The van der Waals surface area contributed by atoms with Gasteiger partial charge in [-0.25, -0.2) is 0 Å². The second kappa shape index (κ2) is 45.6. The predicted octanol–water partition coefficient (Wildman–Crippen LogP) is 9.27. The van der Waals surface area contributed by atoms with Crippen LogP contribution in [-0.4, -0.2) is 140 Å². The largest absolute Gasteiger partial charge is 0.394 e. The molecule has 2 rings (SSSR count). The first-order valence-corrected chi connectivity index (χ1v) is 28.6. The highest BCUT2D eigenvalue weighted by Crippen LogP contribution is 2.30. The molecule has 1 amide bonds. The average molecular weight is 1060 g/mol. The standard InChI is InChI=1S/C61H101NO13/c1-3-5-7-9-11-13-15-16-17-18-19-20-21-22-23-24-25-26-27-28-29-30-31-32-33-34-35-37-39-41-43-45-53(66)62-49(50(65)44-42-40-38-36-14-12-10-8-6-4-2)48-72-60-58(71)56(69)59(52(47-64)74-60)75-61-57(70)55(68)54(67)51(46-63)73-61/h5,7,11,13,16-17,19-20,22-23,25-26,28-29,31-32,34-35,49-52,54-61,63-65,67-71H,3-4,6,8-10,12,14-15,18,21,24,27,30,33,36-48H2,1-2H3,(H,62,66)/b7-5-,13-11-,17-16-,20-19-,23-22-,26-25-,29-28-,32-31-,35-34-. The molecule has 428 valence electrons. The summed E-state index contributed by atoms with van der Waals surface area (Å²) in [6.45, 7) is 2.67. The zero-order chi connectivity index (χ0) is 54.6. The summed E-state index contributed by atoms with van der Waals surface area (Å²) in [5, 5.41) is 86.9. The van der Waals surface area contributed by atoms with Gasteiger partial charge < -0.3 is 65.1 Å². The SMILES string of the molecule is CC/C=C\C/C=C\C/C=C\C/C=C\C/C=C\C/C=C\C/C=C\C/C=C\C/C=C\CCCCCC(=O)NC(COC1OC(CO)C(OC2OC(CO)C(O)C(O)C2O)C(O)C1O)C(O)CCCCCCCCCCCC. The van der Waals surface area contributed by atoms with Gasteiger partial charge in [-0.1, -0.05) is 194 Å². The summed E-state index contributed by atoms with van der Waals surface area (Å²) >= 11 is 0. The fourth-order valence-corrected chi connectivity index (χ4v) is 8.64. The summed E-state index contributed by atoms with van der Waals surface area (Å²) in [5.41, 5.74) is 0. The number of carbonyl (C=O) groups excluding carboxylic acids is 1. The summed E-state index contributed by atoms with van der Waals surface area (Å²) in [6, 6.07) is -0.853. The monoisotopic (exact) mass is 1060 g/mol. The number of hydrogen-bond donors (Lipinski definition) is 9. The molecular formula is C61H101NO13. The Labute approximate surface area is 451 Å². The molecule has 12 unspecified atom stereocenters. The Morgan fingerprint density at radius 3 is 1.40 bits per heavy atom. The first kappa shape index (κ1) is 67.8. The van der Waals surface area contributed by atoms with E-state index in [4.69, 9.17) is 18.9 Å². The van der Waals surface area contributed by atoms with Gasteiger partial charge >= 0.3 is 0 Å². The number of allylic oxidation sites excluding steroid dienone is 18. The van der Waals surface area contributed by atoms with E-state index in [2.05, 4.69) is 129 Å².